The van der Waals surface area contributed by atoms with Crippen LogP contribution >= 0.6 is 0 Å². The van der Waals surface area contributed by atoms with Crippen molar-refractivity contribution in [2.24, 2.45) is 11.8 Å². The van der Waals surface area contributed by atoms with Crippen molar-refractivity contribution in [1.82, 2.24) is 13.9 Å². The summed E-state index contributed by atoms with van der Waals surface area (Å²) in [4.78, 5) is 0. The van der Waals surface area contributed by atoms with E-state index in [-0.39, 0.29) is 0 Å². The molecular formula is C14H29N3O2S. The Balaban J connectivity index is 1.93. The smallest absolute Gasteiger partial charge is 0.281 e. The van der Waals surface area contributed by atoms with E-state index in [1.807, 2.05) is 7.05 Å². The van der Waals surface area contributed by atoms with E-state index in [0.29, 0.717) is 31.5 Å². The van der Waals surface area contributed by atoms with Gasteiger partial charge in [0, 0.05) is 26.2 Å². The average molecular weight is 303 g/mol. The molecule has 0 saturated carbocycles. The molecule has 2 fully saturated rings. The number of nitrogens with one attached hydrogen (secondary N) is 1. The van der Waals surface area contributed by atoms with E-state index >= 15 is 0 Å². The van der Waals surface area contributed by atoms with E-state index in [1.54, 1.807) is 8.61 Å². The summed E-state index contributed by atoms with van der Waals surface area (Å²) in [5, 5.41) is 3.19. The van der Waals surface area contributed by atoms with Crippen LogP contribution < -0.4 is 5.32 Å². The molecule has 2 heterocycles. The van der Waals surface area contributed by atoms with Crippen LogP contribution in [0.2, 0.25) is 0 Å². The molecule has 0 aromatic rings. The fourth-order valence-electron chi connectivity index (χ4n) is 3.37. The number of nitrogens with zero attached hydrogens (tertiary/aromatic N) is 2. The van der Waals surface area contributed by atoms with E-state index < -0.39 is 10.2 Å². The van der Waals surface area contributed by atoms with Gasteiger partial charge in [-0.2, -0.15) is 17.0 Å². The lowest BCUT2D eigenvalue weighted by atomic mass is 9.97. The van der Waals surface area contributed by atoms with Crippen molar-refractivity contribution in [3.63, 3.8) is 0 Å². The largest absolute Gasteiger partial charge is 0.319 e. The molecule has 2 aliphatic heterocycles. The Morgan fingerprint density at radius 3 is 2.35 bits per heavy atom. The van der Waals surface area contributed by atoms with Gasteiger partial charge in [-0.25, -0.2) is 0 Å². The molecule has 1 N–H and O–H groups in total. The van der Waals surface area contributed by atoms with Gasteiger partial charge in [0.05, 0.1) is 0 Å². The molecule has 5 nitrogen and oxygen atoms in total. The summed E-state index contributed by atoms with van der Waals surface area (Å²) in [6.45, 7) is 5.94. The maximum Gasteiger partial charge on any atom is 0.281 e. The number of rotatable bonds is 5. The molecule has 0 amide bonds. The quantitative estimate of drug-likeness (QED) is 0.832. The van der Waals surface area contributed by atoms with Gasteiger partial charge in [0.1, 0.15) is 0 Å². The predicted molar refractivity (Wildman–Crippen MR) is 81.7 cm³/mol. The molecule has 0 aromatic heterocycles. The maximum atomic E-state index is 12.7. The van der Waals surface area contributed by atoms with Gasteiger partial charge < -0.3 is 5.32 Å². The molecule has 20 heavy (non-hydrogen) atoms. The second-order valence-electron chi connectivity index (χ2n) is 6.18. The third kappa shape index (κ3) is 3.72. The molecule has 2 aliphatic rings. The van der Waals surface area contributed by atoms with Crippen LogP contribution in [0.5, 0.6) is 0 Å². The zero-order valence-corrected chi connectivity index (χ0v) is 13.7. The summed E-state index contributed by atoms with van der Waals surface area (Å²) in [6, 6.07) is 0. The Bertz CT molecular complexity index is 391. The first kappa shape index (κ1) is 16.2. The van der Waals surface area contributed by atoms with Crippen molar-refractivity contribution < 1.29 is 8.42 Å². The normalized spacial score (nSPS) is 27.8. The molecule has 0 aromatic carbocycles. The SMILES string of the molecule is CCC1CCCN(S(=O)(=O)N2CCC(CNC)CC2)C1. The zero-order chi connectivity index (χ0) is 14.6. The Labute approximate surface area is 123 Å². The lowest BCUT2D eigenvalue weighted by Crippen LogP contribution is -2.50. The van der Waals surface area contributed by atoms with Crippen molar-refractivity contribution in [1.29, 1.82) is 0 Å². The third-order valence-electron chi connectivity index (χ3n) is 4.78. The Morgan fingerprint density at radius 2 is 1.75 bits per heavy atom. The second kappa shape index (κ2) is 7.20. The molecule has 2 saturated heterocycles. The van der Waals surface area contributed by atoms with Crippen LogP contribution in [0.4, 0.5) is 0 Å². The molecule has 0 spiro atoms. The molecule has 6 heteroatoms. The number of piperidine rings is 2. The highest BCUT2D eigenvalue weighted by Gasteiger charge is 2.35. The topological polar surface area (TPSA) is 52.7 Å². The van der Waals surface area contributed by atoms with Gasteiger partial charge in [-0.3, -0.25) is 0 Å². The fraction of sp³-hybridized carbons (Fsp3) is 1.00. The molecule has 1 unspecified atom stereocenters. The second-order valence-corrected chi connectivity index (χ2v) is 8.11. The Kier molecular flexibility index (Phi) is 5.84. The van der Waals surface area contributed by atoms with Crippen molar-refractivity contribution in [3.8, 4) is 0 Å². The minimum Gasteiger partial charge on any atom is -0.319 e. The zero-order valence-electron chi connectivity index (χ0n) is 12.8. The van der Waals surface area contributed by atoms with Crippen molar-refractivity contribution in [3.05, 3.63) is 0 Å². The lowest BCUT2D eigenvalue weighted by molar-refractivity contribution is 0.219. The number of hydrogen-bond acceptors (Lipinski definition) is 3. The van der Waals surface area contributed by atoms with Crippen molar-refractivity contribution in [2.75, 3.05) is 39.8 Å². The van der Waals surface area contributed by atoms with E-state index in [4.69, 9.17) is 0 Å². The summed E-state index contributed by atoms with van der Waals surface area (Å²) in [5.74, 6) is 1.16. The van der Waals surface area contributed by atoms with E-state index in [2.05, 4.69) is 12.2 Å². The van der Waals surface area contributed by atoms with E-state index in [1.165, 1.54) is 6.42 Å². The van der Waals surface area contributed by atoms with Crippen LogP contribution in [0.15, 0.2) is 0 Å². The van der Waals surface area contributed by atoms with Gasteiger partial charge in [0.2, 0.25) is 0 Å². The summed E-state index contributed by atoms with van der Waals surface area (Å²) >= 11 is 0. The van der Waals surface area contributed by atoms with Crippen LogP contribution in [-0.2, 0) is 10.2 Å². The van der Waals surface area contributed by atoms with Gasteiger partial charge in [0.25, 0.3) is 10.2 Å². The maximum absolute atomic E-state index is 12.7. The van der Waals surface area contributed by atoms with Crippen LogP contribution in [0.3, 0.4) is 0 Å². The van der Waals surface area contributed by atoms with Gasteiger partial charge in [-0.05, 0) is 51.1 Å². The van der Waals surface area contributed by atoms with Crippen LogP contribution in [-0.4, -0.2) is 56.8 Å². The van der Waals surface area contributed by atoms with Gasteiger partial charge in [0.15, 0.2) is 0 Å². The predicted octanol–water partition coefficient (Wildman–Crippen LogP) is 1.28. The Hall–Kier alpha value is -0.170. The Morgan fingerprint density at radius 1 is 1.05 bits per heavy atom. The first-order valence-corrected chi connectivity index (χ1v) is 9.37. The molecular weight excluding hydrogens is 274 g/mol. The summed E-state index contributed by atoms with van der Waals surface area (Å²) < 4.78 is 28.8. The minimum absolute atomic E-state index is 0.542. The monoisotopic (exact) mass is 303 g/mol. The highest BCUT2D eigenvalue weighted by atomic mass is 32.2. The van der Waals surface area contributed by atoms with Gasteiger partial charge >= 0.3 is 0 Å². The number of hydrogen-bond donors (Lipinski definition) is 1. The van der Waals surface area contributed by atoms with Gasteiger partial charge in [-0.1, -0.05) is 13.3 Å². The highest BCUT2D eigenvalue weighted by molar-refractivity contribution is 7.86. The fourth-order valence-corrected chi connectivity index (χ4v) is 5.12. The van der Waals surface area contributed by atoms with Gasteiger partial charge in [-0.15, -0.1) is 0 Å². The standard InChI is InChI=1S/C14H29N3O2S/c1-3-13-5-4-8-17(12-13)20(18,19)16-9-6-14(7-10-16)11-15-2/h13-15H,3-12H2,1-2H3. The van der Waals surface area contributed by atoms with Crippen molar-refractivity contribution >= 4 is 10.2 Å². The lowest BCUT2D eigenvalue weighted by Gasteiger charge is -2.38. The minimum atomic E-state index is -3.22. The molecule has 2 rings (SSSR count). The molecule has 0 aliphatic carbocycles. The molecule has 118 valence electrons. The first-order valence-electron chi connectivity index (χ1n) is 7.97. The summed E-state index contributed by atoms with van der Waals surface area (Å²) in [7, 11) is -1.26. The molecule has 1 atom stereocenters. The van der Waals surface area contributed by atoms with E-state index in [9.17, 15) is 8.42 Å². The van der Waals surface area contributed by atoms with Crippen molar-refractivity contribution in [2.45, 2.75) is 39.0 Å². The average Bonchev–Trinajstić information content (AvgIpc) is 2.48. The van der Waals surface area contributed by atoms with Crippen LogP contribution in [0.1, 0.15) is 39.0 Å². The molecule has 0 bridgehead atoms. The third-order valence-corrected chi connectivity index (χ3v) is 6.78. The van der Waals surface area contributed by atoms with E-state index in [0.717, 1.165) is 38.8 Å². The summed E-state index contributed by atoms with van der Waals surface area (Å²) in [5.41, 5.74) is 0. The van der Waals surface area contributed by atoms with Crippen LogP contribution in [0, 0.1) is 11.8 Å². The molecule has 0 radical (unpaired) electrons. The first-order chi connectivity index (χ1) is 9.57. The van der Waals surface area contributed by atoms with Crippen LogP contribution in [0.25, 0.3) is 0 Å². The summed E-state index contributed by atoms with van der Waals surface area (Å²) in [6.07, 6.45) is 5.22. The highest BCUT2D eigenvalue weighted by Crippen LogP contribution is 2.26.